The Kier molecular flexibility index (Phi) is 6.55. The van der Waals surface area contributed by atoms with E-state index in [4.69, 9.17) is 0 Å². The molecule has 8 nitrogen and oxygen atoms in total. The number of amides is 3. The van der Waals surface area contributed by atoms with Crippen molar-refractivity contribution in [2.45, 2.75) is 12.2 Å². The van der Waals surface area contributed by atoms with Gasteiger partial charge in [-0.2, -0.15) is 13.2 Å². The number of aliphatic hydroxyl groups is 1. The quantitative estimate of drug-likeness (QED) is 0.409. The van der Waals surface area contributed by atoms with E-state index in [0.717, 1.165) is 12.1 Å². The van der Waals surface area contributed by atoms with Crippen molar-refractivity contribution >= 4 is 23.3 Å². The van der Waals surface area contributed by atoms with Gasteiger partial charge < -0.3 is 26.0 Å². The Balaban J connectivity index is 1.66. The van der Waals surface area contributed by atoms with Crippen LogP contribution in [0.2, 0.25) is 0 Å². The lowest BCUT2D eigenvalue weighted by molar-refractivity contribution is -0.137. The Morgan fingerprint density at radius 2 is 1.77 bits per heavy atom. The molecule has 0 aliphatic carbocycles. The van der Waals surface area contributed by atoms with Gasteiger partial charge in [0.05, 0.1) is 12.2 Å². The first-order valence-corrected chi connectivity index (χ1v) is 9.02. The van der Waals surface area contributed by atoms with Gasteiger partial charge in [0, 0.05) is 29.3 Å². The zero-order chi connectivity index (χ0) is 22.4. The molecule has 0 aliphatic heterocycles. The molecular formula is C20H18F3N5O3. The van der Waals surface area contributed by atoms with Gasteiger partial charge in [0.1, 0.15) is 11.9 Å². The molecule has 0 bridgehead atoms. The number of benzene rings is 2. The number of alkyl halides is 3. The lowest BCUT2D eigenvalue weighted by Crippen LogP contribution is -2.35. The van der Waals surface area contributed by atoms with Crippen LogP contribution in [0.1, 0.15) is 27.8 Å². The van der Waals surface area contributed by atoms with Crippen molar-refractivity contribution in [2.24, 2.45) is 0 Å². The van der Waals surface area contributed by atoms with Crippen LogP contribution in [-0.2, 0) is 6.18 Å². The third kappa shape index (κ3) is 5.82. The maximum atomic E-state index is 12.8. The minimum atomic E-state index is -4.53. The molecule has 0 aliphatic rings. The smallest absolute Gasteiger partial charge is 0.394 e. The zero-order valence-electron chi connectivity index (χ0n) is 15.9. The van der Waals surface area contributed by atoms with Crippen molar-refractivity contribution in [3.8, 4) is 0 Å². The first kappa shape index (κ1) is 21.8. The highest BCUT2D eigenvalue weighted by Crippen LogP contribution is 2.30. The molecule has 31 heavy (non-hydrogen) atoms. The average molecular weight is 433 g/mol. The third-order valence-corrected chi connectivity index (χ3v) is 4.17. The number of nitrogens with zero attached hydrogens (tertiary/aromatic N) is 1. The van der Waals surface area contributed by atoms with Gasteiger partial charge in [-0.3, -0.25) is 4.79 Å². The molecule has 0 saturated heterocycles. The van der Waals surface area contributed by atoms with Gasteiger partial charge >= 0.3 is 12.2 Å². The molecule has 0 fully saturated rings. The van der Waals surface area contributed by atoms with E-state index in [2.05, 4.69) is 25.9 Å². The number of imidazole rings is 1. The van der Waals surface area contributed by atoms with Crippen LogP contribution in [0.15, 0.2) is 60.9 Å². The molecule has 1 atom stereocenters. The summed E-state index contributed by atoms with van der Waals surface area (Å²) in [6.45, 7) is -0.389. The van der Waals surface area contributed by atoms with Gasteiger partial charge in [0.2, 0.25) is 0 Å². The summed E-state index contributed by atoms with van der Waals surface area (Å²) in [5.74, 6) is -0.279. The Bertz CT molecular complexity index is 1050. The van der Waals surface area contributed by atoms with Crippen LogP contribution in [0.3, 0.4) is 0 Å². The first-order chi connectivity index (χ1) is 14.8. The largest absolute Gasteiger partial charge is 0.416 e. The number of urea groups is 1. The van der Waals surface area contributed by atoms with Gasteiger partial charge in [-0.25, -0.2) is 9.78 Å². The standard InChI is InChI=1S/C20H18F3N5O3/c21-20(22,23)13-4-2-6-15(10-13)26-18(30)12-3-1-5-14(9-12)27-19(31)28-16(11-29)17-24-7-8-25-17/h1-10,16,29H,11H2,(H,24,25)(H,26,30)(H2,27,28,31). The zero-order valence-corrected chi connectivity index (χ0v) is 15.9. The number of aliphatic hydroxyl groups excluding tert-OH is 1. The fourth-order valence-corrected chi connectivity index (χ4v) is 2.71. The molecule has 0 saturated carbocycles. The molecular weight excluding hydrogens is 415 g/mol. The van der Waals surface area contributed by atoms with Crippen molar-refractivity contribution in [3.63, 3.8) is 0 Å². The number of nitrogens with one attached hydrogen (secondary N) is 4. The predicted molar refractivity (Wildman–Crippen MR) is 106 cm³/mol. The summed E-state index contributed by atoms with van der Waals surface area (Å²) < 4.78 is 38.5. The monoisotopic (exact) mass is 433 g/mol. The van der Waals surface area contributed by atoms with Gasteiger partial charge in [-0.15, -0.1) is 0 Å². The second-order valence-electron chi connectivity index (χ2n) is 6.42. The second kappa shape index (κ2) is 9.30. The summed E-state index contributed by atoms with van der Waals surface area (Å²) in [4.78, 5) is 31.4. The van der Waals surface area contributed by atoms with E-state index in [0.29, 0.717) is 5.82 Å². The van der Waals surface area contributed by atoms with E-state index < -0.39 is 29.7 Å². The predicted octanol–water partition coefficient (Wildman–Crippen LogP) is 3.54. The lowest BCUT2D eigenvalue weighted by atomic mass is 10.1. The first-order valence-electron chi connectivity index (χ1n) is 9.02. The highest BCUT2D eigenvalue weighted by atomic mass is 19.4. The third-order valence-electron chi connectivity index (χ3n) is 4.17. The van der Waals surface area contributed by atoms with E-state index in [1.54, 1.807) is 6.20 Å². The summed E-state index contributed by atoms with van der Waals surface area (Å²) in [7, 11) is 0. The van der Waals surface area contributed by atoms with Gasteiger partial charge in [0.15, 0.2) is 0 Å². The van der Waals surface area contributed by atoms with Crippen LogP contribution in [-0.4, -0.2) is 33.6 Å². The van der Waals surface area contributed by atoms with Crippen molar-refractivity contribution in [2.75, 3.05) is 17.2 Å². The summed E-state index contributed by atoms with van der Waals surface area (Å²) in [6.07, 6.45) is -1.51. The van der Waals surface area contributed by atoms with E-state index in [-0.39, 0.29) is 23.5 Å². The van der Waals surface area contributed by atoms with Gasteiger partial charge in [-0.05, 0) is 36.4 Å². The SMILES string of the molecule is O=C(Nc1cccc(C(=O)Nc2cccc(C(F)(F)F)c2)c1)NC(CO)c1ncc[nH]1. The van der Waals surface area contributed by atoms with Gasteiger partial charge in [0.25, 0.3) is 5.91 Å². The number of aromatic amines is 1. The number of carbonyl (C=O) groups excluding carboxylic acids is 2. The molecule has 11 heteroatoms. The molecule has 3 aromatic rings. The van der Waals surface area contributed by atoms with Crippen molar-refractivity contribution < 1.29 is 27.9 Å². The van der Waals surface area contributed by atoms with E-state index in [9.17, 15) is 27.9 Å². The highest BCUT2D eigenvalue weighted by molar-refractivity contribution is 6.05. The minimum absolute atomic E-state index is 0.0137. The van der Waals surface area contributed by atoms with Gasteiger partial charge in [-0.1, -0.05) is 12.1 Å². The number of anilines is 2. The maximum absolute atomic E-state index is 12.8. The topological polar surface area (TPSA) is 119 Å². The normalized spacial score (nSPS) is 12.1. The summed E-state index contributed by atoms with van der Waals surface area (Å²) in [5.41, 5.74) is -0.502. The van der Waals surface area contributed by atoms with Crippen molar-refractivity contribution in [3.05, 3.63) is 77.9 Å². The Hall–Kier alpha value is -3.86. The molecule has 162 valence electrons. The molecule has 0 spiro atoms. The van der Waals surface area contributed by atoms with Crippen LogP contribution in [0, 0.1) is 0 Å². The number of halogens is 3. The summed E-state index contributed by atoms with van der Waals surface area (Å²) in [6, 6.07) is 8.71. The number of rotatable bonds is 6. The number of aromatic nitrogens is 2. The molecule has 2 aromatic carbocycles. The van der Waals surface area contributed by atoms with Crippen molar-refractivity contribution in [1.29, 1.82) is 0 Å². The Morgan fingerprint density at radius 3 is 2.42 bits per heavy atom. The molecule has 0 radical (unpaired) electrons. The number of carbonyl (C=O) groups is 2. The Labute approximate surface area is 174 Å². The molecule has 5 N–H and O–H groups in total. The van der Waals surface area contributed by atoms with E-state index >= 15 is 0 Å². The summed E-state index contributed by atoms with van der Waals surface area (Å²) >= 11 is 0. The van der Waals surface area contributed by atoms with Crippen LogP contribution < -0.4 is 16.0 Å². The number of hydrogen-bond acceptors (Lipinski definition) is 4. The molecule has 3 rings (SSSR count). The molecule has 1 aromatic heterocycles. The number of H-pyrrole nitrogens is 1. The lowest BCUT2D eigenvalue weighted by Gasteiger charge is -2.15. The van der Waals surface area contributed by atoms with E-state index in [1.807, 2.05) is 0 Å². The van der Waals surface area contributed by atoms with Crippen LogP contribution in [0.4, 0.5) is 29.3 Å². The molecule has 1 heterocycles. The van der Waals surface area contributed by atoms with E-state index in [1.165, 1.54) is 42.6 Å². The minimum Gasteiger partial charge on any atom is -0.394 e. The average Bonchev–Trinajstić information content (AvgIpc) is 3.26. The fourth-order valence-electron chi connectivity index (χ4n) is 2.71. The maximum Gasteiger partial charge on any atom is 0.416 e. The molecule has 1 unspecified atom stereocenters. The fraction of sp³-hybridized carbons (Fsp3) is 0.150. The second-order valence-corrected chi connectivity index (χ2v) is 6.42. The Morgan fingerprint density at radius 1 is 1.06 bits per heavy atom. The number of hydrogen-bond donors (Lipinski definition) is 5. The van der Waals surface area contributed by atoms with Crippen LogP contribution in [0.25, 0.3) is 0 Å². The van der Waals surface area contributed by atoms with Crippen molar-refractivity contribution in [1.82, 2.24) is 15.3 Å². The molecule has 3 amide bonds. The van der Waals surface area contributed by atoms with Crippen LogP contribution >= 0.6 is 0 Å². The van der Waals surface area contributed by atoms with Crippen LogP contribution in [0.5, 0.6) is 0 Å². The highest BCUT2D eigenvalue weighted by Gasteiger charge is 2.30. The summed E-state index contributed by atoms with van der Waals surface area (Å²) in [5, 5.41) is 16.9.